The van der Waals surface area contributed by atoms with Crippen LogP contribution in [0.15, 0.2) is 90.1 Å². The van der Waals surface area contributed by atoms with Crippen molar-refractivity contribution in [1.82, 2.24) is 19.7 Å². The summed E-state index contributed by atoms with van der Waals surface area (Å²) in [5, 5.41) is 15.8. The van der Waals surface area contributed by atoms with Crippen molar-refractivity contribution in [2.45, 2.75) is 24.3 Å². The molecule has 0 aliphatic heterocycles. The Hall–Kier alpha value is -4.37. The molecule has 0 aliphatic carbocycles. The number of para-hydroxylation sites is 2. The first-order valence-corrected chi connectivity index (χ1v) is 12.3. The third-order valence-electron chi connectivity index (χ3n) is 5.54. The molecule has 5 aromatic rings. The molecule has 3 N–H and O–H groups in total. The molecule has 9 heteroatoms. The predicted octanol–water partition coefficient (Wildman–Crippen LogP) is 5.49. The van der Waals surface area contributed by atoms with Crippen LogP contribution in [-0.4, -0.2) is 36.8 Å². The Bertz CT molecular complexity index is 1490. The van der Waals surface area contributed by atoms with Crippen LogP contribution >= 0.6 is 11.8 Å². The van der Waals surface area contributed by atoms with Crippen molar-refractivity contribution in [1.29, 1.82) is 0 Å². The first-order chi connectivity index (χ1) is 17.5. The van der Waals surface area contributed by atoms with Gasteiger partial charge >= 0.3 is 0 Å². The van der Waals surface area contributed by atoms with E-state index in [9.17, 15) is 9.59 Å². The first-order valence-electron chi connectivity index (χ1n) is 11.4. The number of aromatic amines is 1. The summed E-state index contributed by atoms with van der Waals surface area (Å²) in [7, 11) is 0. The second kappa shape index (κ2) is 10.1. The number of anilines is 2. The maximum absolute atomic E-state index is 13.0. The van der Waals surface area contributed by atoms with Crippen LogP contribution in [0.25, 0.3) is 28.1 Å². The molecule has 2 aromatic heterocycles. The number of H-pyrrole nitrogens is 1. The zero-order valence-corrected chi connectivity index (χ0v) is 20.5. The molecule has 3 aromatic carbocycles. The standard InChI is InChI=1S/C27H24N6O2S/c1-17(26(35)29-21-14-12-20(13-15-21)28-18(2)34)36-27-32-31-25(33(27)22-9-4-3-5-10-22)24-16-19-8-6-7-11-23(19)30-24/h3-17,30H,1-2H3,(H,28,34)(H,29,35)/t17-/m0/s1. The van der Waals surface area contributed by atoms with Crippen LogP contribution in [0.3, 0.4) is 0 Å². The number of benzene rings is 3. The molecule has 180 valence electrons. The average molecular weight is 497 g/mol. The van der Waals surface area contributed by atoms with Crippen LogP contribution in [0.4, 0.5) is 11.4 Å². The van der Waals surface area contributed by atoms with Crippen LogP contribution < -0.4 is 10.6 Å². The number of rotatable bonds is 7. The van der Waals surface area contributed by atoms with Crippen LogP contribution in [0.2, 0.25) is 0 Å². The molecule has 2 heterocycles. The molecule has 2 amide bonds. The monoisotopic (exact) mass is 496 g/mol. The molecule has 0 bridgehead atoms. The van der Waals surface area contributed by atoms with Gasteiger partial charge in [-0.2, -0.15) is 0 Å². The van der Waals surface area contributed by atoms with Gasteiger partial charge in [-0.1, -0.05) is 48.2 Å². The molecular weight excluding hydrogens is 472 g/mol. The fraction of sp³-hybridized carbons (Fsp3) is 0.111. The Morgan fingerprint density at radius 1 is 0.889 bits per heavy atom. The number of carbonyl (C=O) groups is 2. The molecule has 36 heavy (non-hydrogen) atoms. The van der Waals surface area contributed by atoms with Crippen molar-refractivity contribution in [3.8, 4) is 17.2 Å². The van der Waals surface area contributed by atoms with Gasteiger partial charge in [0.15, 0.2) is 11.0 Å². The summed E-state index contributed by atoms with van der Waals surface area (Å²) >= 11 is 1.33. The Morgan fingerprint density at radius 2 is 1.56 bits per heavy atom. The maximum Gasteiger partial charge on any atom is 0.237 e. The average Bonchev–Trinajstić information content (AvgIpc) is 3.49. The van der Waals surface area contributed by atoms with Crippen LogP contribution in [0.1, 0.15) is 13.8 Å². The van der Waals surface area contributed by atoms with Crippen molar-refractivity contribution in [2.24, 2.45) is 0 Å². The van der Waals surface area contributed by atoms with Gasteiger partial charge in [0.1, 0.15) is 0 Å². The van der Waals surface area contributed by atoms with Crippen molar-refractivity contribution in [3.05, 3.63) is 84.9 Å². The van der Waals surface area contributed by atoms with Gasteiger partial charge in [0.25, 0.3) is 0 Å². The highest BCUT2D eigenvalue weighted by molar-refractivity contribution is 8.00. The Balaban J connectivity index is 1.40. The minimum Gasteiger partial charge on any atom is -0.352 e. The van der Waals surface area contributed by atoms with E-state index in [2.05, 4.69) is 25.8 Å². The number of hydrogen-bond donors (Lipinski definition) is 3. The maximum atomic E-state index is 13.0. The third-order valence-corrected chi connectivity index (χ3v) is 6.59. The number of fused-ring (bicyclic) bond motifs is 1. The molecule has 8 nitrogen and oxygen atoms in total. The third kappa shape index (κ3) is 5.01. The number of nitrogens with one attached hydrogen (secondary N) is 3. The van der Waals surface area contributed by atoms with E-state index in [-0.39, 0.29) is 11.8 Å². The van der Waals surface area contributed by atoms with E-state index >= 15 is 0 Å². The normalized spacial score (nSPS) is 11.8. The van der Waals surface area contributed by atoms with Gasteiger partial charge in [0.05, 0.1) is 10.9 Å². The summed E-state index contributed by atoms with van der Waals surface area (Å²) in [6.45, 7) is 3.28. The van der Waals surface area contributed by atoms with E-state index in [0.29, 0.717) is 22.4 Å². The fourth-order valence-electron chi connectivity index (χ4n) is 3.82. The number of carbonyl (C=O) groups excluding carboxylic acids is 2. The SMILES string of the molecule is CC(=O)Nc1ccc(NC(=O)[C@H](C)Sc2nnc(-c3cc4ccccc4[nH]3)n2-c2ccccc2)cc1. The minimum atomic E-state index is -0.442. The minimum absolute atomic E-state index is 0.147. The molecule has 0 spiro atoms. The van der Waals surface area contributed by atoms with E-state index in [0.717, 1.165) is 22.3 Å². The van der Waals surface area contributed by atoms with E-state index in [1.54, 1.807) is 24.3 Å². The summed E-state index contributed by atoms with van der Waals surface area (Å²) in [5.41, 5.74) is 4.07. The highest BCUT2D eigenvalue weighted by Gasteiger charge is 2.22. The zero-order valence-electron chi connectivity index (χ0n) is 19.7. The largest absolute Gasteiger partial charge is 0.352 e. The molecule has 1 atom stereocenters. The van der Waals surface area contributed by atoms with Gasteiger partial charge in [0.2, 0.25) is 11.8 Å². The Labute approximate surface area is 212 Å². The second-order valence-electron chi connectivity index (χ2n) is 8.26. The number of hydrogen-bond acceptors (Lipinski definition) is 5. The van der Waals surface area contributed by atoms with Gasteiger partial charge in [0, 0.05) is 34.9 Å². The van der Waals surface area contributed by atoms with E-state index in [4.69, 9.17) is 0 Å². The number of amides is 2. The Kier molecular flexibility index (Phi) is 6.55. The highest BCUT2D eigenvalue weighted by atomic mass is 32.2. The summed E-state index contributed by atoms with van der Waals surface area (Å²) in [5.74, 6) is 0.356. The first kappa shape index (κ1) is 23.4. The van der Waals surface area contributed by atoms with Crippen LogP contribution in [0, 0.1) is 0 Å². The lowest BCUT2D eigenvalue weighted by atomic mass is 10.2. The lowest BCUT2D eigenvalue weighted by Crippen LogP contribution is -2.23. The van der Waals surface area contributed by atoms with Gasteiger partial charge < -0.3 is 15.6 Å². The van der Waals surface area contributed by atoms with Crippen LogP contribution in [-0.2, 0) is 9.59 Å². The molecule has 0 radical (unpaired) electrons. The lowest BCUT2D eigenvalue weighted by molar-refractivity contribution is -0.115. The fourth-order valence-corrected chi connectivity index (χ4v) is 4.69. The Morgan fingerprint density at radius 3 is 2.25 bits per heavy atom. The summed E-state index contributed by atoms with van der Waals surface area (Å²) < 4.78 is 1.96. The van der Waals surface area contributed by atoms with Gasteiger partial charge in [-0.05, 0) is 55.5 Å². The second-order valence-corrected chi connectivity index (χ2v) is 9.56. The number of nitrogens with zero attached hydrogens (tertiary/aromatic N) is 3. The lowest BCUT2D eigenvalue weighted by Gasteiger charge is -2.14. The van der Waals surface area contributed by atoms with Crippen molar-refractivity contribution in [2.75, 3.05) is 10.6 Å². The van der Waals surface area contributed by atoms with E-state index in [1.807, 2.05) is 72.2 Å². The highest BCUT2D eigenvalue weighted by Crippen LogP contribution is 2.31. The molecular formula is C27H24N6O2S. The van der Waals surface area contributed by atoms with Gasteiger partial charge in [-0.3, -0.25) is 14.2 Å². The van der Waals surface area contributed by atoms with Crippen LogP contribution in [0.5, 0.6) is 0 Å². The topological polar surface area (TPSA) is 105 Å². The van der Waals surface area contributed by atoms with E-state index in [1.165, 1.54) is 18.7 Å². The predicted molar refractivity (Wildman–Crippen MR) is 143 cm³/mol. The van der Waals surface area contributed by atoms with Gasteiger partial charge in [-0.15, -0.1) is 10.2 Å². The smallest absolute Gasteiger partial charge is 0.237 e. The molecule has 0 fully saturated rings. The number of thioether (sulfide) groups is 1. The van der Waals surface area contributed by atoms with E-state index < -0.39 is 5.25 Å². The molecule has 0 saturated heterocycles. The number of aromatic nitrogens is 4. The molecule has 0 unspecified atom stereocenters. The van der Waals surface area contributed by atoms with Crippen molar-refractivity contribution in [3.63, 3.8) is 0 Å². The summed E-state index contributed by atoms with van der Waals surface area (Å²) in [4.78, 5) is 27.6. The molecule has 5 rings (SSSR count). The summed E-state index contributed by atoms with van der Waals surface area (Å²) in [6, 6.07) is 26.9. The zero-order chi connectivity index (χ0) is 25.1. The summed E-state index contributed by atoms with van der Waals surface area (Å²) in [6.07, 6.45) is 0. The van der Waals surface area contributed by atoms with Crippen molar-refractivity contribution >= 4 is 45.9 Å². The van der Waals surface area contributed by atoms with Crippen molar-refractivity contribution < 1.29 is 9.59 Å². The van der Waals surface area contributed by atoms with Gasteiger partial charge in [-0.25, -0.2) is 0 Å². The quantitative estimate of drug-likeness (QED) is 0.258. The molecule has 0 saturated carbocycles. The molecule has 0 aliphatic rings.